The van der Waals surface area contributed by atoms with Crippen LogP contribution in [0.25, 0.3) is 0 Å². The van der Waals surface area contributed by atoms with Crippen LogP contribution in [0.3, 0.4) is 0 Å². The van der Waals surface area contributed by atoms with Gasteiger partial charge in [-0.25, -0.2) is 0 Å². The lowest BCUT2D eigenvalue weighted by molar-refractivity contribution is -0.143. The molecule has 23 heavy (non-hydrogen) atoms. The third kappa shape index (κ3) is 4.06. The number of nitrogens with one attached hydrogen (secondary N) is 1. The lowest BCUT2D eigenvalue weighted by atomic mass is 10.0. The van der Waals surface area contributed by atoms with Gasteiger partial charge < -0.3 is 9.80 Å². The topological polar surface area (TPSA) is 28.2 Å². The smallest absolute Gasteiger partial charge is 0.129 e. The van der Waals surface area contributed by atoms with Crippen molar-refractivity contribution in [1.29, 1.82) is 0 Å². The molecule has 3 rings (SSSR count). The third-order valence-corrected chi connectivity index (χ3v) is 5.88. The molecule has 3 aliphatic rings. The van der Waals surface area contributed by atoms with Gasteiger partial charge in [0.25, 0.3) is 0 Å². The molecule has 0 radical (unpaired) electrons. The Morgan fingerprint density at radius 3 is 2.17 bits per heavy atom. The van der Waals surface area contributed by atoms with Gasteiger partial charge in [-0.2, -0.15) is 0 Å². The van der Waals surface area contributed by atoms with E-state index in [0.29, 0.717) is 0 Å². The van der Waals surface area contributed by atoms with E-state index >= 15 is 0 Å². The Balaban J connectivity index is 1.54. The molecular formula is C17H36N6. The van der Waals surface area contributed by atoms with E-state index in [4.69, 9.17) is 0 Å². The van der Waals surface area contributed by atoms with Gasteiger partial charge >= 0.3 is 0 Å². The summed E-state index contributed by atoms with van der Waals surface area (Å²) in [5, 5.41) is 3.81. The van der Waals surface area contributed by atoms with Crippen molar-refractivity contribution < 1.29 is 0 Å². The zero-order valence-electron chi connectivity index (χ0n) is 15.4. The number of hydrogen-bond donors (Lipinski definition) is 1. The number of rotatable bonds is 5. The van der Waals surface area contributed by atoms with Gasteiger partial charge in [0.1, 0.15) is 5.79 Å². The molecule has 3 heterocycles. The van der Waals surface area contributed by atoms with Crippen LogP contribution < -0.4 is 5.32 Å². The summed E-state index contributed by atoms with van der Waals surface area (Å²) in [7, 11) is 6.59. The molecule has 6 heteroatoms. The van der Waals surface area contributed by atoms with Crippen molar-refractivity contribution >= 4 is 0 Å². The summed E-state index contributed by atoms with van der Waals surface area (Å²) in [5.41, 5.74) is 0. The first-order chi connectivity index (χ1) is 11.1. The van der Waals surface area contributed by atoms with Crippen molar-refractivity contribution in [2.45, 2.75) is 18.6 Å². The minimum atomic E-state index is 0.165. The maximum absolute atomic E-state index is 3.81. The first-order valence-electron chi connectivity index (χ1n) is 9.41. The average Bonchev–Trinajstić information content (AvgIpc) is 2.71. The third-order valence-electron chi connectivity index (χ3n) is 5.88. The Kier molecular flexibility index (Phi) is 5.93. The highest BCUT2D eigenvalue weighted by Crippen LogP contribution is 2.30. The lowest BCUT2D eigenvalue weighted by Gasteiger charge is -2.58. The second-order valence-electron chi connectivity index (χ2n) is 7.77. The fourth-order valence-corrected chi connectivity index (χ4v) is 4.19. The van der Waals surface area contributed by atoms with Crippen LogP contribution in [0.15, 0.2) is 0 Å². The van der Waals surface area contributed by atoms with Crippen LogP contribution >= 0.6 is 0 Å². The predicted molar refractivity (Wildman–Crippen MR) is 95.6 cm³/mol. The molecule has 0 aromatic rings. The predicted octanol–water partition coefficient (Wildman–Crippen LogP) is -0.550. The van der Waals surface area contributed by atoms with Crippen molar-refractivity contribution in [3.8, 4) is 0 Å². The molecule has 0 spiro atoms. The van der Waals surface area contributed by atoms with Gasteiger partial charge in [0.05, 0.1) is 0 Å². The zero-order valence-corrected chi connectivity index (χ0v) is 15.4. The van der Waals surface area contributed by atoms with Crippen molar-refractivity contribution in [3.05, 3.63) is 0 Å². The van der Waals surface area contributed by atoms with Gasteiger partial charge in [-0.15, -0.1) is 0 Å². The summed E-state index contributed by atoms with van der Waals surface area (Å²) in [5.74, 6) is 0.165. The van der Waals surface area contributed by atoms with E-state index in [-0.39, 0.29) is 5.79 Å². The summed E-state index contributed by atoms with van der Waals surface area (Å²) in [6, 6.07) is 0. The van der Waals surface area contributed by atoms with Crippen LogP contribution in [0, 0.1) is 0 Å². The Morgan fingerprint density at radius 1 is 0.913 bits per heavy atom. The summed E-state index contributed by atoms with van der Waals surface area (Å²) in [4.78, 5) is 12.9. The highest BCUT2D eigenvalue weighted by molar-refractivity contribution is 4.98. The number of nitrogens with zero attached hydrogens (tertiary/aromatic N) is 5. The van der Waals surface area contributed by atoms with E-state index in [1.165, 1.54) is 84.8 Å². The van der Waals surface area contributed by atoms with Crippen molar-refractivity contribution in [1.82, 2.24) is 29.8 Å². The molecule has 1 atom stereocenters. The Morgan fingerprint density at radius 2 is 1.57 bits per heavy atom. The summed E-state index contributed by atoms with van der Waals surface area (Å²) < 4.78 is 0. The van der Waals surface area contributed by atoms with E-state index in [1.807, 2.05) is 0 Å². The van der Waals surface area contributed by atoms with E-state index in [0.717, 1.165) is 0 Å². The van der Waals surface area contributed by atoms with Crippen molar-refractivity contribution in [2.75, 3.05) is 93.1 Å². The highest BCUT2D eigenvalue weighted by atomic mass is 15.6. The maximum atomic E-state index is 3.81. The second kappa shape index (κ2) is 7.76. The standard InChI is InChI=1S/C17H36N6/c1-19(2)9-11-21-12-15-23(16-13-21)17(5-6-18-17)22-8-4-7-20(3)10-14-22/h18H,4-16H2,1-3H3. The fourth-order valence-electron chi connectivity index (χ4n) is 4.19. The number of likely N-dealkylation sites (N-methyl/N-ethyl adjacent to an activating group) is 2. The normalized spacial score (nSPS) is 32.9. The maximum Gasteiger partial charge on any atom is 0.129 e. The molecule has 134 valence electrons. The Bertz CT molecular complexity index is 362. The molecule has 0 aliphatic carbocycles. The zero-order chi connectivity index (χ0) is 16.3. The van der Waals surface area contributed by atoms with Crippen LogP contribution in [0.1, 0.15) is 12.8 Å². The molecule has 0 aromatic heterocycles. The Labute approximate surface area is 142 Å². The monoisotopic (exact) mass is 324 g/mol. The molecule has 1 unspecified atom stereocenters. The molecule has 3 fully saturated rings. The minimum absolute atomic E-state index is 0.165. The van der Waals surface area contributed by atoms with Gasteiger partial charge in [-0.05, 0) is 34.1 Å². The van der Waals surface area contributed by atoms with Crippen LogP contribution in [-0.4, -0.2) is 123 Å². The van der Waals surface area contributed by atoms with E-state index < -0.39 is 0 Å². The van der Waals surface area contributed by atoms with Crippen LogP contribution in [-0.2, 0) is 0 Å². The van der Waals surface area contributed by atoms with Crippen molar-refractivity contribution in [3.63, 3.8) is 0 Å². The van der Waals surface area contributed by atoms with Crippen LogP contribution in [0.2, 0.25) is 0 Å². The Hall–Kier alpha value is -0.240. The second-order valence-corrected chi connectivity index (χ2v) is 7.77. The van der Waals surface area contributed by atoms with Crippen molar-refractivity contribution in [2.24, 2.45) is 0 Å². The van der Waals surface area contributed by atoms with Gasteiger partial charge in [0.15, 0.2) is 0 Å². The highest BCUT2D eigenvalue weighted by Gasteiger charge is 2.47. The molecule has 0 amide bonds. The summed E-state index contributed by atoms with van der Waals surface area (Å²) >= 11 is 0. The van der Waals surface area contributed by atoms with E-state index in [1.54, 1.807) is 0 Å². The molecule has 0 bridgehead atoms. The van der Waals surface area contributed by atoms with E-state index in [2.05, 4.69) is 51.0 Å². The number of hydrogen-bond acceptors (Lipinski definition) is 6. The fraction of sp³-hybridized carbons (Fsp3) is 1.00. The van der Waals surface area contributed by atoms with Crippen LogP contribution in [0.5, 0.6) is 0 Å². The number of piperazine rings is 1. The average molecular weight is 325 g/mol. The van der Waals surface area contributed by atoms with Gasteiger partial charge in [-0.1, -0.05) is 0 Å². The SMILES string of the molecule is CN(C)CCN1CCN(C2(N3CCCN(C)CC3)CCN2)CC1. The molecule has 0 saturated carbocycles. The molecule has 3 saturated heterocycles. The van der Waals surface area contributed by atoms with E-state index in [9.17, 15) is 0 Å². The molecule has 0 aromatic carbocycles. The summed E-state index contributed by atoms with van der Waals surface area (Å²) in [6.07, 6.45) is 2.58. The quantitative estimate of drug-likeness (QED) is 0.730. The molecule has 1 N–H and O–H groups in total. The summed E-state index contributed by atoms with van der Waals surface area (Å²) in [6.45, 7) is 13.3. The van der Waals surface area contributed by atoms with Gasteiger partial charge in [-0.3, -0.25) is 20.0 Å². The molecular weight excluding hydrogens is 288 g/mol. The van der Waals surface area contributed by atoms with Gasteiger partial charge in [0, 0.05) is 71.9 Å². The molecule has 3 aliphatic heterocycles. The first-order valence-corrected chi connectivity index (χ1v) is 9.41. The largest absolute Gasteiger partial charge is 0.308 e. The first kappa shape index (κ1) is 17.6. The van der Waals surface area contributed by atoms with Crippen LogP contribution in [0.4, 0.5) is 0 Å². The van der Waals surface area contributed by atoms with Gasteiger partial charge in [0.2, 0.25) is 0 Å². The minimum Gasteiger partial charge on any atom is -0.308 e. The molecule has 6 nitrogen and oxygen atoms in total. The lowest BCUT2D eigenvalue weighted by Crippen LogP contribution is -2.78.